The summed E-state index contributed by atoms with van der Waals surface area (Å²) in [6.07, 6.45) is 0. The summed E-state index contributed by atoms with van der Waals surface area (Å²) < 4.78 is 11.9. The lowest BCUT2D eigenvalue weighted by molar-refractivity contribution is -0.114. The molecule has 8 heteroatoms. The minimum absolute atomic E-state index is 0. The van der Waals surface area contributed by atoms with Gasteiger partial charge in [0.25, 0.3) is 5.91 Å². The molecule has 2 rings (SSSR count). The molecule has 1 saturated heterocycles. The number of likely N-dealkylation sites (N-methyl/N-ethyl adjacent to an activating group) is 1. The van der Waals surface area contributed by atoms with Gasteiger partial charge in [-0.15, -0.1) is 0 Å². The SMILES string of the molecule is CNC(=O)C(=N)c1ccc(B2OC(C)(C)C(C)(C)O2)cc1N.F.[HH].[HH]. The Balaban J connectivity index is 0. The minimum Gasteiger partial charge on any atom is -0.399 e. The van der Waals surface area contributed by atoms with Crippen molar-refractivity contribution in [1.82, 2.24) is 5.32 Å². The van der Waals surface area contributed by atoms with E-state index in [1.165, 1.54) is 7.05 Å². The number of nitrogen functional groups attached to an aromatic ring is 1. The van der Waals surface area contributed by atoms with Crippen molar-refractivity contribution in [3.05, 3.63) is 23.8 Å². The van der Waals surface area contributed by atoms with Gasteiger partial charge in [0, 0.05) is 21.2 Å². The highest BCUT2D eigenvalue weighted by molar-refractivity contribution is 6.62. The molecule has 0 radical (unpaired) electrons. The molecule has 0 unspecified atom stereocenters. The van der Waals surface area contributed by atoms with Gasteiger partial charge in [-0.1, -0.05) is 12.1 Å². The second-order valence-electron chi connectivity index (χ2n) is 6.39. The summed E-state index contributed by atoms with van der Waals surface area (Å²) in [5.41, 5.74) is 6.46. The molecular weight excluding hydrogens is 300 g/mol. The molecule has 1 aromatic rings. The van der Waals surface area contributed by atoms with E-state index in [9.17, 15) is 4.79 Å². The third-order valence-corrected chi connectivity index (χ3v) is 4.32. The van der Waals surface area contributed by atoms with Crippen LogP contribution in [0.3, 0.4) is 0 Å². The smallest absolute Gasteiger partial charge is 0.399 e. The van der Waals surface area contributed by atoms with Gasteiger partial charge in [-0.2, -0.15) is 0 Å². The lowest BCUT2D eigenvalue weighted by Gasteiger charge is -2.32. The average molecular weight is 327 g/mol. The van der Waals surface area contributed by atoms with E-state index in [-0.39, 0.29) is 13.3 Å². The van der Waals surface area contributed by atoms with Gasteiger partial charge in [0.05, 0.1) is 11.2 Å². The van der Waals surface area contributed by atoms with Gasteiger partial charge in [-0.25, -0.2) is 0 Å². The summed E-state index contributed by atoms with van der Waals surface area (Å²) in [6.45, 7) is 7.91. The second kappa shape index (κ2) is 6.29. The number of carbonyl (C=O) groups excluding carboxylic acids is 1. The van der Waals surface area contributed by atoms with Crippen molar-refractivity contribution in [2.45, 2.75) is 38.9 Å². The molecule has 1 aromatic carbocycles. The van der Waals surface area contributed by atoms with Gasteiger partial charge in [0.2, 0.25) is 0 Å². The van der Waals surface area contributed by atoms with E-state index in [0.717, 1.165) is 5.46 Å². The van der Waals surface area contributed by atoms with E-state index in [1.807, 2.05) is 27.7 Å². The molecule has 1 fully saturated rings. The van der Waals surface area contributed by atoms with E-state index < -0.39 is 24.2 Å². The highest BCUT2D eigenvalue weighted by atomic mass is 19.0. The first-order chi connectivity index (χ1) is 10.1. The van der Waals surface area contributed by atoms with Crippen LogP contribution in [0.25, 0.3) is 0 Å². The molecule has 0 aromatic heterocycles. The summed E-state index contributed by atoms with van der Waals surface area (Å²) in [5.74, 6) is -0.477. The zero-order valence-electron chi connectivity index (χ0n) is 14.0. The molecule has 23 heavy (non-hydrogen) atoms. The van der Waals surface area contributed by atoms with Crippen molar-refractivity contribution < 1.29 is 21.7 Å². The number of amides is 1. The normalized spacial score (nSPS) is 18.2. The monoisotopic (exact) mass is 327 g/mol. The lowest BCUT2D eigenvalue weighted by atomic mass is 9.78. The predicted molar refractivity (Wildman–Crippen MR) is 94.2 cm³/mol. The first kappa shape index (κ1) is 19.1. The van der Waals surface area contributed by atoms with Crippen LogP contribution in [0.1, 0.15) is 36.1 Å². The molecule has 1 amide bonds. The molecule has 130 valence electrons. The molecule has 0 aliphatic carbocycles. The van der Waals surface area contributed by atoms with Crippen molar-refractivity contribution in [1.29, 1.82) is 5.41 Å². The van der Waals surface area contributed by atoms with Crippen LogP contribution in [0, 0.1) is 5.41 Å². The van der Waals surface area contributed by atoms with Gasteiger partial charge < -0.3 is 20.4 Å². The van der Waals surface area contributed by atoms with Crippen LogP contribution in [-0.2, 0) is 14.1 Å². The van der Waals surface area contributed by atoms with Crippen LogP contribution in [0.2, 0.25) is 0 Å². The molecule has 1 aliphatic heterocycles. The van der Waals surface area contributed by atoms with E-state index in [1.54, 1.807) is 18.2 Å². The Hall–Kier alpha value is -1.93. The summed E-state index contributed by atoms with van der Waals surface area (Å²) >= 11 is 0. The molecule has 0 atom stereocenters. The predicted octanol–water partition coefficient (Wildman–Crippen LogP) is 1.33. The molecular formula is C15H27BFN3O3. The number of anilines is 1. The third kappa shape index (κ3) is 3.38. The van der Waals surface area contributed by atoms with E-state index in [0.29, 0.717) is 11.3 Å². The maximum absolute atomic E-state index is 11.5. The molecule has 1 heterocycles. The number of hydrogen-bond donors (Lipinski definition) is 3. The number of hydrogen-bond acceptors (Lipinski definition) is 5. The highest BCUT2D eigenvalue weighted by Crippen LogP contribution is 2.36. The van der Waals surface area contributed by atoms with Gasteiger partial charge in [-0.05, 0) is 39.2 Å². The molecule has 1 aliphatic rings. The van der Waals surface area contributed by atoms with Crippen LogP contribution >= 0.6 is 0 Å². The zero-order chi connectivity index (χ0) is 16.7. The molecule has 4 N–H and O–H groups in total. The van der Waals surface area contributed by atoms with Gasteiger partial charge in [0.1, 0.15) is 5.71 Å². The van der Waals surface area contributed by atoms with Gasteiger partial charge >= 0.3 is 7.12 Å². The number of halogens is 1. The Kier molecular flexibility index (Phi) is 5.23. The highest BCUT2D eigenvalue weighted by Gasteiger charge is 2.51. The Morgan fingerprint density at radius 1 is 1.26 bits per heavy atom. The van der Waals surface area contributed by atoms with Gasteiger partial charge in [0.15, 0.2) is 0 Å². The molecule has 0 saturated carbocycles. The van der Waals surface area contributed by atoms with Crippen molar-refractivity contribution >= 4 is 29.9 Å². The van der Waals surface area contributed by atoms with Crippen molar-refractivity contribution in [2.75, 3.05) is 12.8 Å². The first-order valence-corrected chi connectivity index (χ1v) is 7.15. The van der Waals surface area contributed by atoms with E-state index in [2.05, 4.69) is 5.32 Å². The van der Waals surface area contributed by atoms with Crippen LogP contribution in [0.4, 0.5) is 10.4 Å². The molecule has 0 spiro atoms. The number of carbonyl (C=O) groups is 1. The quantitative estimate of drug-likeness (QED) is 0.443. The fourth-order valence-corrected chi connectivity index (χ4v) is 2.18. The molecule has 6 nitrogen and oxygen atoms in total. The summed E-state index contributed by atoms with van der Waals surface area (Å²) in [5, 5.41) is 10.2. The van der Waals surface area contributed by atoms with Crippen LogP contribution < -0.4 is 16.5 Å². The van der Waals surface area contributed by atoms with Crippen LogP contribution in [0.15, 0.2) is 18.2 Å². The van der Waals surface area contributed by atoms with Crippen molar-refractivity contribution in [3.8, 4) is 0 Å². The fraction of sp³-hybridized carbons (Fsp3) is 0.467. The summed E-state index contributed by atoms with van der Waals surface area (Å²) in [7, 11) is 0.960. The third-order valence-electron chi connectivity index (χ3n) is 4.32. The van der Waals surface area contributed by atoms with Gasteiger partial charge in [-0.3, -0.25) is 14.9 Å². The van der Waals surface area contributed by atoms with E-state index in [4.69, 9.17) is 20.5 Å². The second-order valence-corrected chi connectivity index (χ2v) is 6.39. The zero-order valence-corrected chi connectivity index (χ0v) is 14.0. The lowest BCUT2D eigenvalue weighted by Crippen LogP contribution is -2.41. The number of nitrogens with one attached hydrogen (secondary N) is 2. The number of nitrogens with two attached hydrogens (primary N) is 1. The Bertz CT molecular complexity index is 628. The summed E-state index contributed by atoms with van der Waals surface area (Å²) in [4.78, 5) is 11.5. The average Bonchev–Trinajstić information content (AvgIpc) is 2.65. The molecule has 0 bridgehead atoms. The topological polar surface area (TPSA) is 97.4 Å². The Morgan fingerprint density at radius 2 is 1.78 bits per heavy atom. The maximum atomic E-state index is 11.5. The maximum Gasteiger partial charge on any atom is 0.494 e. The Labute approximate surface area is 138 Å². The largest absolute Gasteiger partial charge is 0.494 e. The van der Waals surface area contributed by atoms with Crippen molar-refractivity contribution in [2.24, 2.45) is 0 Å². The van der Waals surface area contributed by atoms with Crippen LogP contribution in [0.5, 0.6) is 0 Å². The fourth-order valence-electron chi connectivity index (χ4n) is 2.18. The van der Waals surface area contributed by atoms with Crippen LogP contribution in [-0.4, -0.2) is 37.0 Å². The Morgan fingerprint density at radius 3 is 2.22 bits per heavy atom. The van der Waals surface area contributed by atoms with Crippen molar-refractivity contribution in [3.63, 3.8) is 0 Å². The standard InChI is InChI=1S/C15H22BN3O3.FH.2H2/c1-14(2)15(3,4)22-16(21-14)9-6-7-10(11(17)8-9)12(18)13(20)19-5;;;/h6-8,18H,17H2,1-5H3,(H,19,20);3*1H. The number of rotatable bonds is 3. The number of benzene rings is 1. The summed E-state index contributed by atoms with van der Waals surface area (Å²) in [6, 6.07) is 5.10. The first-order valence-electron chi connectivity index (χ1n) is 7.15. The minimum atomic E-state index is -0.518. The van der Waals surface area contributed by atoms with E-state index >= 15 is 0 Å².